The number of nitrogens with zero attached hydrogens (tertiary/aromatic N) is 2. The molecule has 136 valence electrons. The zero-order chi connectivity index (χ0) is 17.8. The average Bonchev–Trinajstić information content (AvgIpc) is 3.43. The van der Waals surface area contributed by atoms with Crippen molar-refractivity contribution in [1.82, 2.24) is 15.2 Å². The molecule has 1 aromatic rings. The lowest BCUT2D eigenvalue weighted by Crippen LogP contribution is -2.46. The van der Waals surface area contributed by atoms with Crippen LogP contribution in [0.5, 0.6) is 5.88 Å². The predicted molar refractivity (Wildman–Crippen MR) is 85.5 cm³/mol. The molecule has 0 aromatic carbocycles. The number of alkyl halides is 2. The van der Waals surface area contributed by atoms with Crippen molar-refractivity contribution in [3.63, 3.8) is 0 Å². The maximum atomic E-state index is 12.6. The molecule has 8 heteroatoms. The molecule has 25 heavy (non-hydrogen) atoms. The van der Waals surface area contributed by atoms with Gasteiger partial charge in [0.15, 0.2) is 6.61 Å². The summed E-state index contributed by atoms with van der Waals surface area (Å²) < 4.78 is 29.3. The number of halogens is 2. The summed E-state index contributed by atoms with van der Waals surface area (Å²) in [5.74, 6) is -0.531. The van der Waals surface area contributed by atoms with Gasteiger partial charge in [0, 0.05) is 25.2 Å². The molecule has 6 nitrogen and oxygen atoms in total. The zero-order valence-electron chi connectivity index (χ0n) is 13.8. The van der Waals surface area contributed by atoms with Gasteiger partial charge in [-0.25, -0.2) is 13.8 Å². The summed E-state index contributed by atoms with van der Waals surface area (Å²) in [6.07, 6.45) is 0.949. The maximum Gasteiger partial charge on any atom is 0.272 e. The van der Waals surface area contributed by atoms with Gasteiger partial charge >= 0.3 is 0 Å². The van der Waals surface area contributed by atoms with E-state index in [9.17, 15) is 18.4 Å². The highest BCUT2D eigenvalue weighted by atomic mass is 19.3. The van der Waals surface area contributed by atoms with Crippen LogP contribution in [0.3, 0.4) is 0 Å². The SMILES string of the molecule is O=C(NC1CC1)C1CCCN(C(=O)c2cccc(OCC(F)F)n2)C1. The Bertz CT molecular complexity index is 637. The molecule has 1 aliphatic heterocycles. The summed E-state index contributed by atoms with van der Waals surface area (Å²) in [5.41, 5.74) is 0.134. The van der Waals surface area contributed by atoms with Crippen LogP contribution in [-0.2, 0) is 4.79 Å². The highest BCUT2D eigenvalue weighted by Gasteiger charge is 2.32. The number of aromatic nitrogens is 1. The van der Waals surface area contributed by atoms with Gasteiger partial charge in [-0.15, -0.1) is 0 Å². The largest absolute Gasteiger partial charge is 0.472 e. The number of pyridine rings is 1. The van der Waals surface area contributed by atoms with Crippen molar-refractivity contribution in [2.45, 2.75) is 38.2 Å². The maximum absolute atomic E-state index is 12.6. The van der Waals surface area contributed by atoms with Crippen LogP contribution in [0, 0.1) is 5.92 Å². The van der Waals surface area contributed by atoms with Crippen molar-refractivity contribution in [2.75, 3.05) is 19.7 Å². The molecule has 0 radical (unpaired) electrons. The molecule has 1 N–H and O–H groups in total. The molecule has 1 aliphatic carbocycles. The van der Waals surface area contributed by atoms with E-state index in [2.05, 4.69) is 10.3 Å². The summed E-state index contributed by atoms with van der Waals surface area (Å²) in [7, 11) is 0. The van der Waals surface area contributed by atoms with Crippen LogP contribution in [-0.4, -0.2) is 53.9 Å². The Kier molecular flexibility index (Phi) is 5.45. The number of ether oxygens (including phenoxy) is 1. The van der Waals surface area contributed by atoms with E-state index in [1.54, 1.807) is 11.0 Å². The number of carbonyl (C=O) groups excluding carboxylic acids is 2. The predicted octanol–water partition coefficient (Wildman–Crippen LogP) is 1.86. The first-order valence-electron chi connectivity index (χ1n) is 8.50. The van der Waals surface area contributed by atoms with Crippen LogP contribution in [0.1, 0.15) is 36.2 Å². The summed E-state index contributed by atoms with van der Waals surface area (Å²) in [6.45, 7) is 0.134. The number of likely N-dealkylation sites (tertiary alicyclic amines) is 1. The van der Waals surface area contributed by atoms with Gasteiger partial charge in [-0.3, -0.25) is 9.59 Å². The highest BCUT2D eigenvalue weighted by molar-refractivity contribution is 5.93. The third kappa shape index (κ3) is 4.87. The molecule has 1 atom stereocenters. The molecular weight excluding hydrogens is 332 g/mol. The summed E-state index contributed by atoms with van der Waals surface area (Å²) >= 11 is 0. The smallest absolute Gasteiger partial charge is 0.272 e. The summed E-state index contributed by atoms with van der Waals surface area (Å²) in [5, 5.41) is 2.98. The van der Waals surface area contributed by atoms with E-state index >= 15 is 0 Å². The van der Waals surface area contributed by atoms with Crippen molar-refractivity contribution in [3.8, 4) is 5.88 Å². The molecule has 2 heterocycles. The van der Waals surface area contributed by atoms with Crippen LogP contribution in [0.4, 0.5) is 8.78 Å². The molecule has 2 aliphatic rings. The van der Waals surface area contributed by atoms with Gasteiger partial charge in [-0.1, -0.05) is 6.07 Å². The van der Waals surface area contributed by atoms with Crippen LogP contribution in [0.2, 0.25) is 0 Å². The molecule has 1 saturated carbocycles. The van der Waals surface area contributed by atoms with E-state index in [0.29, 0.717) is 19.1 Å². The van der Waals surface area contributed by atoms with Crippen molar-refractivity contribution in [1.29, 1.82) is 0 Å². The van der Waals surface area contributed by atoms with Gasteiger partial charge in [0.1, 0.15) is 5.69 Å². The number of carbonyl (C=O) groups is 2. The van der Waals surface area contributed by atoms with Crippen LogP contribution in [0.15, 0.2) is 18.2 Å². The van der Waals surface area contributed by atoms with Gasteiger partial charge in [0.25, 0.3) is 12.3 Å². The minimum atomic E-state index is -2.60. The number of hydrogen-bond acceptors (Lipinski definition) is 4. The number of nitrogens with one attached hydrogen (secondary N) is 1. The molecule has 1 saturated heterocycles. The first kappa shape index (κ1) is 17.6. The van der Waals surface area contributed by atoms with Crippen LogP contribution < -0.4 is 10.1 Å². The van der Waals surface area contributed by atoms with E-state index in [1.165, 1.54) is 12.1 Å². The normalized spacial score (nSPS) is 20.4. The van der Waals surface area contributed by atoms with Gasteiger partial charge in [0.05, 0.1) is 5.92 Å². The monoisotopic (exact) mass is 353 g/mol. The molecule has 0 spiro atoms. The molecule has 1 unspecified atom stereocenters. The third-order valence-corrected chi connectivity index (χ3v) is 4.30. The van der Waals surface area contributed by atoms with Crippen molar-refractivity contribution in [2.24, 2.45) is 5.92 Å². The Balaban J connectivity index is 1.61. The zero-order valence-corrected chi connectivity index (χ0v) is 13.8. The first-order valence-corrected chi connectivity index (χ1v) is 8.50. The van der Waals surface area contributed by atoms with Crippen LogP contribution >= 0.6 is 0 Å². The second-order valence-corrected chi connectivity index (χ2v) is 6.44. The molecular formula is C17H21F2N3O3. The lowest BCUT2D eigenvalue weighted by atomic mass is 9.96. The van der Waals surface area contributed by atoms with Gasteiger partial charge in [-0.2, -0.15) is 0 Å². The molecule has 2 amide bonds. The fourth-order valence-corrected chi connectivity index (χ4v) is 2.85. The number of hydrogen-bond donors (Lipinski definition) is 1. The number of rotatable bonds is 6. The van der Waals surface area contributed by atoms with E-state index in [0.717, 1.165) is 25.7 Å². The summed E-state index contributed by atoms with van der Waals surface area (Å²) in [6, 6.07) is 4.79. The van der Waals surface area contributed by atoms with Crippen molar-refractivity contribution >= 4 is 11.8 Å². The van der Waals surface area contributed by atoms with E-state index in [4.69, 9.17) is 4.74 Å². The second-order valence-electron chi connectivity index (χ2n) is 6.44. The van der Waals surface area contributed by atoms with Gasteiger partial charge in [-0.05, 0) is 31.7 Å². The van der Waals surface area contributed by atoms with Crippen LogP contribution in [0.25, 0.3) is 0 Å². The Hall–Kier alpha value is -2.25. The van der Waals surface area contributed by atoms with Crippen molar-refractivity contribution < 1.29 is 23.1 Å². The van der Waals surface area contributed by atoms with E-state index < -0.39 is 13.0 Å². The number of piperidine rings is 1. The molecule has 1 aromatic heterocycles. The average molecular weight is 353 g/mol. The topological polar surface area (TPSA) is 71.5 Å². The lowest BCUT2D eigenvalue weighted by molar-refractivity contribution is -0.126. The fourth-order valence-electron chi connectivity index (χ4n) is 2.85. The second kappa shape index (κ2) is 7.76. The Morgan fingerprint density at radius 3 is 2.84 bits per heavy atom. The molecule has 0 bridgehead atoms. The highest BCUT2D eigenvalue weighted by Crippen LogP contribution is 2.23. The minimum Gasteiger partial charge on any atom is -0.472 e. The standard InChI is InChI=1S/C17H21F2N3O3/c18-14(19)10-25-15-5-1-4-13(21-15)17(24)22-8-2-3-11(9-22)16(23)20-12-6-7-12/h1,4-5,11-12,14H,2-3,6-10H2,(H,20,23). The fraction of sp³-hybridized carbons (Fsp3) is 0.588. The quantitative estimate of drug-likeness (QED) is 0.847. The van der Waals surface area contributed by atoms with Gasteiger partial charge < -0.3 is 15.0 Å². The summed E-state index contributed by atoms with van der Waals surface area (Å²) in [4.78, 5) is 30.4. The molecule has 3 rings (SSSR count). The third-order valence-electron chi connectivity index (χ3n) is 4.30. The Morgan fingerprint density at radius 2 is 2.12 bits per heavy atom. The van der Waals surface area contributed by atoms with Crippen molar-refractivity contribution in [3.05, 3.63) is 23.9 Å². The molecule has 2 fully saturated rings. The van der Waals surface area contributed by atoms with Gasteiger partial charge in [0.2, 0.25) is 11.8 Å². The first-order chi connectivity index (χ1) is 12.0. The minimum absolute atomic E-state index is 0.00183. The lowest BCUT2D eigenvalue weighted by Gasteiger charge is -2.31. The Labute approximate surface area is 144 Å². The van der Waals surface area contributed by atoms with E-state index in [1.807, 2.05) is 0 Å². The number of amides is 2. The Morgan fingerprint density at radius 1 is 1.32 bits per heavy atom. The van der Waals surface area contributed by atoms with E-state index in [-0.39, 0.29) is 29.3 Å².